The number of furan rings is 2. The molecule has 168 valence electrons. The summed E-state index contributed by atoms with van der Waals surface area (Å²) in [6, 6.07) is 18.7. The summed E-state index contributed by atoms with van der Waals surface area (Å²) in [6.45, 7) is 3.28. The van der Waals surface area contributed by atoms with Gasteiger partial charge in [-0.3, -0.25) is 4.79 Å². The van der Waals surface area contributed by atoms with Crippen LogP contribution in [0.4, 0.5) is 0 Å². The normalized spacial score (nSPS) is 13.3. The van der Waals surface area contributed by atoms with Gasteiger partial charge >= 0.3 is 5.97 Å². The second-order valence-corrected chi connectivity index (χ2v) is 10.0. The Labute approximate surface area is 189 Å². The quantitative estimate of drug-likeness (QED) is 0.350. The van der Waals surface area contributed by atoms with Crippen LogP contribution in [0.1, 0.15) is 13.8 Å². The third-order valence-electron chi connectivity index (χ3n) is 5.68. The van der Waals surface area contributed by atoms with Crippen LogP contribution in [0.5, 0.6) is 0 Å². The fraction of sp³-hybridized carbons (Fsp3) is 0.160. The van der Waals surface area contributed by atoms with Crippen molar-refractivity contribution in [2.24, 2.45) is 5.92 Å². The maximum atomic E-state index is 12.8. The van der Waals surface area contributed by atoms with Crippen molar-refractivity contribution in [3.63, 3.8) is 0 Å². The second-order valence-electron chi connectivity index (χ2n) is 8.30. The molecule has 0 radical (unpaired) electrons. The van der Waals surface area contributed by atoms with E-state index in [0.29, 0.717) is 16.9 Å². The number of rotatable bonds is 6. The summed E-state index contributed by atoms with van der Waals surface area (Å²) in [5.41, 5.74) is 2.62. The lowest BCUT2D eigenvalue weighted by molar-refractivity contribution is -0.140. The molecule has 1 atom stereocenters. The van der Waals surface area contributed by atoms with Gasteiger partial charge in [-0.1, -0.05) is 38.1 Å². The molecule has 0 saturated carbocycles. The zero-order chi connectivity index (χ0) is 23.3. The predicted molar refractivity (Wildman–Crippen MR) is 126 cm³/mol. The lowest BCUT2D eigenvalue weighted by Crippen LogP contribution is -2.44. The van der Waals surface area contributed by atoms with E-state index in [1.54, 1.807) is 19.9 Å². The Bertz CT molecular complexity index is 1590. The number of carbonyl (C=O) groups is 1. The molecule has 33 heavy (non-hydrogen) atoms. The van der Waals surface area contributed by atoms with Gasteiger partial charge in [-0.2, -0.15) is 4.72 Å². The van der Waals surface area contributed by atoms with Crippen molar-refractivity contribution in [1.29, 1.82) is 0 Å². The molecule has 0 amide bonds. The molecule has 0 bridgehead atoms. The highest BCUT2D eigenvalue weighted by atomic mass is 32.2. The van der Waals surface area contributed by atoms with E-state index in [1.807, 2.05) is 48.5 Å². The van der Waals surface area contributed by atoms with Crippen molar-refractivity contribution in [3.8, 4) is 11.3 Å². The van der Waals surface area contributed by atoms with Gasteiger partial charge in [0.1, 0.15) is 28.6 Å². The predicted octanol–water partition coefficient (Wildman–Crippen LogP) is 5.39. The van der Waals surface area contributed by atoms with E-state index in [1.165, 1.54) is 12.1 Å². The fourth-order valence-electron chi connectivity index (χ4n) is 3.91. The second kappa shape index (κ2) is 7.75. The number of carboxylic acids is 1. The molecular formula is C25H21NO6S. The Morgan fingerprint density at radius 2 is 1.58 bits per heavy atom. The average molecular weight is 464 g/mol. The fourth-order valence-corrected chi connectivity index (χ4v) is 5.26. The van der Waals surface area contributed by atoms with Gasteiger partial charge in [0.25, 0.3) is 0 Å². The third kappa shape index (κ3) is 3.77. The van der Waals surface area contributed by atoms with Crippen molar-refractivity contribution in [3.05, 3.63) is 66.7 Å². The molecule has 0 spiro atoms. The smallest absolute Gasteiger partial charge is 0.322 e. The van der Waals surface area contributed by atoms with E-state index in [-0.39, 0.29) is 4.90 Å². The third-order valence-corrected chi connectivity index (χ3v) is 7.12. The number of carboxylic acid groups (broad SMARTS) is 1. The van der Waals surface area contributed by atoms with Crippen LogP contribution in [0, 0.1) is 5.92 Å². The van der Waals surface area contributed by atoms with E-state index < -0.39 is 28.0 Å². The van der Waals surface area contributed by atoms with Crippen LogP contribution in [-0.2, 0) is 14.8 Å². The van der Waals surface area contributed by atoms with Crippen LogP contribution in [0.2, 0.25) is 0 Å². The summed E-state index contributed by atoms with van der Waals surface area (Å²) < 4.78 is 39.8. The van der Waals surface area contributed by atoms with Crippen molar-refractivity contribution in [1.82, 2.24) is 4.72 Å². The molecular weight excluding hydrogens is 442 g/mol. The van der Waals surface area contributed by atoms with E-state index in [4.69, 9.17) is 8.83 Å². The summed E-state index contributed by atoms with van der Waals surface area (Å²) in [5, 5.41) is 11.9. The molecule has 0 aliphatic carbocycles. The van der Waals surface area contributed by atoms with Crippen molar-refractivity contribution in [2.75, 3.05) is 0 Å². The van der Waals surface area contributed by atoms with Gasteiger partial charge in [-0.05, 0) is 42.3 Å². The Morgan fingerprint density at radius 3 is 2.27 bits per heavy atom. The number of para-hydroxylation sites is 1. The maximum absolute atomic E-state index is 12.8. The highest BCUT2D eigenvalue weighted by Gasteiger charge is 2.28. The van der Waals surface area contributed by atoms with Gasteiger partial charge in [0.05, 0.1) is 4.90 Å². The number of hydrogen-bond acceptors (Lipinski definition) is 5. The SMILES string of the molecule is CC(C)[C@H](NS(=O)(=O)c1ccc2c(c1)oc1cc(-c3cc4ccccc4o3)ccc12)C(=O)O. The Kier molecular flexibility index (Phi) is 4.99. The first-order valence-electron chi connectivity index (χ1n) is 10.4. The zero-order valence-electron chi connectivity index (χ0n) is 17.9. The highest BCUT2D eigenvalue weighted by molar-refractivity contribution is 7.89. The minimum absolute atomic E-state index is 0.0570. The molecule has 5 aromatic rings. The molecule has 0 saturated heterocycles. The Hall–Kier alpha value is -3.62. The number of nitrogens with one attached hydrogen (secondary N) is 1. The number of aliphatic carboxylic acids is 1. The van der Waals surface area contributed by atoms with Crippen LogP contribution < -0.4 is 4.72 Å². The molecule has 8 heteroatoms. The first-order chi connectivity index (χ1) is 15.7. The van der Waals surface area contributed by atoms with Crippen LogP contribution >= 0.6 is 0 Å². The van der Waals surface area contributed by atoms with Gasteiger partial charge in [0.15, 0.2) is 0 Å². The first kappa shape index (κ1) is 21.2. The molecule has 5 rings (SSSR count). The number of benzene rings is 3. The van der Waals surface area contributed by atoms with Gasteiger partial charge in [0, 0.05) is 27.8 Å². The molecule has 0 unspecified atom stereocenters. The van der Waals surface area contributed by atoms with Gasteiger partial charge in [0.2, 0.25) is 10.0 Å². The van der Waals surface area contributed by atoms with Crippen LogP contribution in [0.3, 0.4) is 0 Å². The molecule has 2 aromatic heterocycles. The first-order valence-corrected chi connectivity index (χ1v) is 11.9. The van der Waals surface area contributed by atoms with Crippen molar-refractivity contribution >= 4 is 48.9 Å². The standard InChI is InChI=1S/C25H21NO6S/c1-14(2)24(25(27)28)26-33(29,30)17-8-10-19-18-9-7-16(12-22(18)32-23(19)13-17)21-11-15-5-3-4-6-20(15)31-21/h3-14,24,26H,1-2H3,(H,27,28)/t24-/m0/s1. The lowest BCUT2D eigenvalue weighted by atomic mass is 10.1. The van der Waals surface area contributed by atoms with Crippen molar-refractivity contribution in [2.45, 2.75) is 24.8 Å². The maximum Gasteiger partial charge on any atom is 0.322 e. The number of hydrogen-bond donors (Lipinski definition) is 2. The largest absolute Gasteiger partial charge is 0.480 e. The minimum Gasteiger partial charge on any atom is -0.480 e. The van der Waals surface area contributed by atoms with E-state index in [0.717, 1.165) is 27.3 Å². The zero-order valence-corrected chi connectivity index (χ0v) is 18.7. The van der Waals surface area contributed by atoms with Crippen LogP contribution in [-0.4, -0.2) is 25.5 Å². The Balaban J connectivity index is 1.54. The van der Waals surface area contributed by atoms with Gasteiger partial charge < -0.3 is 13.9 Å². The molecule has 7 nitrogen and oxygen atoms in total. The van der Waals surface area contributed by atoms with Crippen molar-refractivity contribution < 1.29 is 27.2 Å². The number of sulfonamides is 1. The summed E-state index contributed by atoms with van der Waals surface area (Å²) in [5.74, 6) is -0.931. The summed E-state index contributed by atoms with van der Waals surface area (Å²) >= 11 is 0. The van der Waals surface area contributed by atoms with Crippen LogP contribution in [0.15, 0.2) is 80.5 Å². The topological polar surface area (TPSA) is 110 Å². The average Bonchev–Trinajstić information content (AvgIpc) is 3.37. The Morgan fingerprint density at radius 1 is 0.879 bits per heavy atom. The highest BCUT2D eigenvalue weighted by Crippen LogP contribution is 2.35. The summed E-state index contributed by atoms with van der Waals surface area (Å²) in [6.07, 6.45) is 0. The lowest BCUT2D eigenvalue weighted by Gasteiger charge is -2.17. The van der Waals surface area contributed by atoms with Gasteiger partial charge in [-0.25, -0.2) is 8.42 Å². The van der Waals surface area contributed by atoms with E-state index >= 15 is 0 Å². The van der Waals surface area contributed by atoms with E-state index in [9.17, 15) is 18.3 Å². The summed E-state index contributed by atoms with van der Waals surface area (Å²) in [7, 11) is -4.05. The van der Waals surface area contributed by atoms with E-state index in [2.05, 4.69) is 4.72 Å². The summed E-state index contributed by atoms with van der Waals surface area (Å²) in [4.78, 5) is 11.4. The number of fused-ring (bicyclic) bond motifs is 4. The molecule has 3 aromatic carbocycles. The minimum atomic E-state index is -4.05. The molecule has 0 aliphatic heterocycles. The molecule has 0 fully saturated rings. The van der Waals surface area contributed by atoms with Gasteiger partial charge in [-0.15, -0.1) is 0 Å². The monoisotopic (exact) mass is 463 g/mol. The molecule has 2 N–H and O–H groups in total. The van der Waals surface area contributed by atoms with Crippen LogP contribution in [0.25, 0.3) is 44.2 Å². The molecule has 0 aliphatic rings. The molecule has 2 heterocycles.